The molecule has 2 amide bonds. The number of aryl methyl sites for hydroxylation is 2. The summed E-state index contributed by atoms with van der Waals surface area (Å²) in [6, 6.07) is 6.23. The first kappa shape index (κ1) is 17.5. The number of carbonyl (C=O) groups is 1. The minimum atomic E-state index is -3.26. The van der Waals surface area contributed by atoms with Crippen LogP contribution in [0, 0.1) is 0 Å². The molecule has 2 heterocycles. The molecule has 2 aromatic rings. The number of hydrogen-bond donors (Lipinski definition) is 2. The summed E-state index contributed by atoms with van der Waals surface area (Å²) in [6.45, 7) is 0. The van der Waals surface area contributed by atoms with Gasteiger partial charge in [-0.05, 0) is 43.7 Å². The first-order chi connectivity index (χ1) is 12.5. The van der Waals surface area contributed by atoms with Gasteiger partial charge in [-0.3, -0.25) is 5.32 Å². The minimum absolute atomic E-state index is 0.0422. The van der Waals surface area contributed by atoms with Gasteiger partial charge in [-0.25, -0.2) is 18.2 Å². The van der Waals surface area contributed by atoms with E-state index in [1.54, 1.807) is 35.6 Å². The molecule has 0 fully saturated rings. The second kappa shape index (κ2) is 7.00. The molecule has 8 heteroatoms. The number of sulfone groups is 1. The number of hydrogen-bond acceptors (Lipinski definition) is 5. The molecular formula is C18H21N3O3S2. The van der Waals surface area contributed by atoms with Crippen molar-refractivity contribution in [3.63, 3.8) is 0 Å². The highest BCUT2D eigenvalue weighted by Gasteiger charge is 2.31. The maximum Gasteiger partial charge on any atom is 0.321 e. The second-order valence-electron chi connectivity index (χ2n) is 6.75. The summed E-state index contributed by atoms with van der Waals surface area (Å²) in [7, 11) is -3.26. The monoisotopic (exact) mass is 391 g/mol. The molecule has 1 atom stereocenters. The SMILES string of the molecule is O=C(Nc1nc2c(s1)CCCCC2)NC1CCS(=O)(=O)c2ccccc21. The summed E-state index contributed by atoms with van der Waals surface area (Å²) in [5.74, 6) is 0.0422. The van der Waals surface area contributed by atoms with Crippen LogP contribution in [-0.4, -0.2) is 25.2 Å². The van der Waals surface area contributed by atoms with Gasteiger partial charge in [-0.1, -0.05) is 24.6 Å². The molecule has 0 saturated carbocycles. The van der Waals surface area contributed by atoms with Crippen LogP contribution in [0.4, 0.5) is 9.93 Å². The Hall–Kier alpha value is -1.93. The Kier molecular flexibility index (Phi) is 4.71. The van der Waals surface area contributed by atoms with E-state index in [9.17, 15) is 13.2 Å². The highest BCUT2D eigenvalue weighted by molar-refractivity contribution is 7.91. The molecule has 26 heavy (non-hydrogen) atoms. The van der Waals surface area contributed by atoms with E-state index in [-0.39, 0.29) is 17.8 Å². The Balaban J connectivity index is 1.47. The fourth-order valence-electron chi connectivity index (χ4n) is 3.61. The van der Waals surface area contributed by atoms with E-state index in [1.165, 1.54) is 17.7 Å². The smallest absolute Gasteiger partial charge is 0.321 e. The molecule has 0 saturated heterocycles. The van der Waals surface area contributed by atoms with Gasteiger partial charge in [-0.15, -0.1) is 11.3 Å². The molecule has 1 aromatic heterocycles. The number of benzene rings is 1. The predicted molar refractivity (Wildman–Crippen MR) is 101 cm³/mol. The first-order valence-electron chi connectivity index (χ1n) is 8.91. The molecule has 138 valence electrons. The lowest BCUT2D eigenvalue weighted by Gasteiger charge is -2.26. The summed E-state index contributed by atoms with van der Waals surface area (Å²) in [5, 5.41) is 6.35. The third kappa shape index (κ3) is 3.48. The average molecular weight is 392 g/mol. The van der Waals surface area contributed by atoms with Gasteiger partial charge in [0, 0.05) is 4.88 Å². The topological polar surface area (TPSA) is 88.2 Å². The van der Waals surface area contributed by atoms with Gasteiger partial charge in [0.2, 0.25) is 0 Å². The molecule has 2 N–H and O–H groups in total. The Bertz CT molecular complexity index is 913. The predicted octanol–water partition coefficient (Wildman–Crippen LogP) is 3.45. The highest BCUT2D eigenvalue weighted by atomic mass is 32.2. The van der Waals surface area contributed by atoms with Crippen LogP contribution in [-0.2, 0) is 22.7 Å². The van der Waals surface area contributed by atoms with Gasteiger partial charge in [0.15, 0.2) is 15.0 Å². The van der Waals surface area contributed by atoms with Gasteiger partial charge in [-0.2, -0.15) is 0 Å². The van der Waals surface area contributed by atoms with Crippen molar-refractivity contribution in [2.45, 2.75) is 49.5 Å². The van der Waals surface area contributed by atoms with Gasteiger partial charge in [0.1, 0.15) is 0 Å². The quantitative estimate of drug-likeness (QED) is 0.768. The lowest BCUT2D eigenvalue weighted by molar-refractivity contribution is 0.248. The molecule has 0 bridgehead atoms. The van der Waals surface area contributed by atoms with Crippen molar-refractivity contribution in [1.82, 2.24) is 10.3 Å². The lowest BCUT2D eigenvalue weighted by Crippen LogP contribution is -2.36. The van der Waals surface area contributed by atoms with Crippen LogP contribution >= 0.6 is 11.3 Å². The molecule has 0 radical (unpaired) electrons. The van der Waals surface area contributed by atoms with E-state index in [4.69, 9.17) is 0 Å². The number of nitrogens with zero attached hydrogens (tertiary/aromatic N) is 1. The number of carbonyl (C=O) groups excluding carboxylic acids is 1. The number of nitrogens with one attached hydrogen (secondary N) is 2. The minimum Gasteiger partial charge on any atom is -0.331 e. The average Bonchev–Trinajstić information content (AvgIpc) is 2.86. The second-order valence-corrected chi connectivity index (χ2v) is 9.91. The molecule has 6 nitrogen and oxygen atoms in total. The van der Waals surface area contributed by atoms with Crippen molar-refractivity contribution in [2.24, 2.45) is 0 Å². The van der Waals surface area contributed by atoms with Crippen molar-refractivity contribution in [3.05, 3.63) is 40.4 Å². The van der Waals surface area contributed by atoms with E-state index < -0.39 is 9.84 Å². The fraction of sp³-hybridized carbons (Fsp3) is 0.444. The number of anilines is 1. The largest absolute Gasteiger partial charge is 0.331 e. The summed E-state index contributed by atoms with van der Waals surface area (Å²) < 4.78 is 24.4. The van der Waals surface area contributed by atoms with Gasteiger partial charge in [0.05, 0.1) is 22.4 Å². The zero-order chi connectivity index (χ0) is 18.1. The molecule has 0 spiro atoms. The van der Waals surface area contributed by atoms with Crippen LogP contribution in [0.25, 0.3) is 0 Å². The number of fused-ring (bicyclic) bond motifs is 2. The number of amides is 2. The molecular weight excluding hydrogens is 370 g/mol. The molecule has 4 rings (SSSR count). The van der Waals surface area contributed by atoms with Crippen LogP contribution in [0.1, 0.15) is 47.9 Å². The van der Waals surface area contributed by atoms with E-state index in [2.05, 4.69) is 15.6 Å². The normalized spacial score (nSPS) is 21.2. The van der Waals surface area contributed by atoms with E-state index >= 15 is 0 Å². The standard InChI is InChI=1S/C18H21N3O3S2/c22-17(21-18-20-14-7-2-1-3-8-15(14)25-18)19-13-10-11-26(23,24)16-9-5-4-6-12(13)16/h4-6,9,13H,1-3,7-8,10-11H2,(H2,19,20,21,22). The summed E-state index contributed by atoms with van der Waals surface area (Å²) in [5.41, 5.74) is 1.76. The van der Waals surface area contributed by atoms with Crippen molar-refractivity contribution in [3.8, 4) is 0 Å². The number of urea groups is 1. The van der Waals surface area contributed by atoms with Crippen LogP contribution in [0.15, 0.2) is 29.2 Å². The van der Waals surface area contributed by atoms with Gasteiger partial charge >= 0.3 is 6.03 Å². The highest BCUT2D eigenvalue weighted by Crippen LogP contribution is 2.32. The zero-order valence-electron chi connectivity index (χ0n) is 14.3. The molecule has 1 aromatic carbocycles. The van der Waals surface area contributed by atoms with Crippen LogP contribution < -0.4 is 10.6 Å². The number of aromatic nitrogens is 1. The summed E-state index contributed by atoms with van der Waals surface area (Å²) in [6.07, 6.45) is 5.94. The maximum atomic E-state index is 12.4. The first-order valence-corrected chi connectivity index (χ1v) is 11.4. The van der Waals surface area contributed by atoms with E-state index in [0.29, 0.717) is 22.0 Å². The van der Waals surface area contributed by atoms with Gasteiger partial charge in [0.25, 0.3) is 0 Å². The van der Waals surface area contributed by atoms with Crippen LogP contribution in [0.5, 0.6) is 0 Å². The van der Waals surface area contributed by atoms with Crippen LogP contribution in [0.2, 0.25) is 0 Å². The van der Waals surface area contributed by atoms with Crippen LogP contribution in [0.3, 0.4) is 0 Å². The molecule has 2 aliphatic rings. The Morgan fingerprint density at radius 1 is 1.15 bits per heavy atom. The molecule has 1 aliphatic heterocycles. The van der Waals surface area contributed by atoms with Crippen molar-refractivity contribution >= 4 is 32.3 Å². The Morgan fingerprint density at radius 2 is 1.96 bits per heavy atom. The van der Waals surface area contributed by atoms with Crippen molar-refractivity contribution < 1.29 is 13.2 Å². The summed E-state index contributed by atoms with van der Waals surface area (Å²) in [4.78, 5) is 18.6. The summed E-state index contributed by atoms with van der Waals surface area (Å²) >= 11 is 1.55. The fourth-order valence-corrected chi connectivity index (χ4v) is 6.28. The third-order valence-electron chi connectivity index (χ3n) is 4.93. The zero-order valence-corrected chi connectivity index (χ0v) is 16.0. The number of rotatable bonds is 2. The van der Waals surface area contributed by atoms with E-state index in [0.717, 1.165) is 25.0 Å². The van der Waals surface area contributed by atoms with Crippen molar-refractivity contribution in [2.75, 3.05) is 11.1 Å². The van der Waals surface area contributed by atoms with Gasteiger partial charge < -0.3 is 5.32 Å². The molecule has 1 unspecified atom stereocenters. The molecule has 1 aliphatic carbocycles. The maximum absolute atomic E-state index is 12.4. The number of thiazole rings is 1. The third-order valence-corrected chi connectivity index (χ3v) is 7.81. The Morgan fingerprint density at radius 3 is 2.85 bits per heavy atom. The van der Waals surface area contributed by atoms with Crippen molar-refractivity contribution in [1.29, 1.82) is 0 Å². The lowest BCUT2D eigenvalue weighted by atomic mass is 10.0. The Labute approximate surface area is 157 Å². The van der Waals surface area contributed by atoms with E-state index in [1.807, 2.05) is 0 Å².